The molecule has 0 amide bonds. The number of hydrogen-bond acceptors (Lipinski definition) is 6. The highest BCUT2D eigenvalue weighted by atomic mass is 16.8. The number of nitrogens with zero attached hydrogens (tertiary/aromatic N) is 1. The highest BCUT2D eigenvalue weighted by Crippen LogP contribution is 2.69. The molecule has 6 aliphatic rings. The number of piperidine rings is 1. The van der Waals surface area contributed by atoms with Gasteiger partial charge in [-0.05, 0) is 12.8 Å². The topological polar surface area (TPSA) is 63.8 Å². The van der Waals surface area contributed by atoms with E-state index in [1.54, 1.807) is 0 Å². The van der Waals surface area contributed by atoms with Gasteiger partial charge >= 0.3 is 5.97 Å². The zero-order chi connectivity index (χ0) is 12.4. The number of epoxide rings is 2. The van der Waals surface area contributed by atoms with Crippen molar-refractivity contribution in [2.24, 2.45) is 0 Å². The molecule has 6 heteroatoms. The van der Waals surface area contributed by atoms with E-state index < -0.39 is 17.3 Å². The van der Waals surface area contributed by atoms with Crippen molar-refractivity contribution in [3.63, 3.8) is 0 Å². The summed E-state index contributed by atoms with van der Waals surface area (Å²) in [6, 6.07) is 0.138. The van der Waals surface area contributed by atoms with Gasteiger partial charge in [-0.2, -0.15) is 5.06 Å². The van der Waals surface area contributed by atoms with Crippen LogP contribution in [0, 0.1) is 0 Å². The molecule has 5 saturated heterocycles. The van der Waals surface area contributed by atoms with Crippen molar-refractivity contribution in [3.05, 3.63) is 0 Å². The van der Waals surface area contributed by atoms with Crippen molar-refractivity contribution in [1.29, 1.82) is 0 Å². The lowest BCUT2D eigenvalue weighted by atomic mass is 9.66. The number of esters is 1. The van der Waals surface area contributed by atoms with E-state index >= 15 is 0 Å². The molecule has 0 N–H and O–H groups in total. The summed E-state index contributed by atoms with van der Waals surface area (Å²) in [5, 5.41) is 2.05. The van der Waals surface area contributed by atoms with Crippen LogP contribution in [0.15, 0.2) is 0 Å². The van der Waals surface area contributed by atoms with Gasteiger partial charge in [0.1, 0.15) is 12.2 Å². The van der Waals surface area contributed by atoms with Crippen molar-refractivity contribution in [1.82, 2.24) is 5.06 Å². The first kappa shape index (κ1) is 10.1. The number of rotatable bonds is 0. The van der Waals surface area contributed by atoms with E-state index in [-0.39, 0.29) is 30.3 Å². The highest BCUT2D eigenvalue weighted by Gasteiger charge is 2.92. The van der Waals surface area contributed by atoms with Crippen LogP contribution in [0.5, 0.6) is 0 Å². The van der Waals surface area contributed by atoms with Crippen LogP contribution in [0.2, 0.25) is 0 Å². The Balaban J connectivity index is 1.56. The third-order valence-electron chi connectivity index (χ3n) is 5.89. The predicted octanol–water partition coefficient (Wildman–Crippen LogP) is -0.241. The van der Waals surface area contributed by atoms with E-state index in [0.29, 0.717) is 0 Å². The third-order valence-corrected chi connectivity index (χ3v) is 5.89. The van der Waals surface area contributed by atoms with Crippen LogP contribution in [-0.4, -0.2) is 59.2 Å². The molecule has 2 bridgehead atoms. The van der Waals surface area contributed by atoms with Crippen molar-refractivity contribution >= 4 is 5.97 Å². The van der Waals surface area contributed by atoms with Crippen LogP contribution >= 0.6 is 0 Å². The molecule has 6 fully saturated rings. The number of hydroxylamine groups is 2. The lowest BCUT2D eigenvalue weighted by Gasteiger charge is -2.55. The average molecular weight is 265 g/mol. The summed E-state index contributed by atoms with van der Waals surface area (Å²) in [5.74, 6) is -0.192. The fourth-order valence-electron chi connectivity index (χ4n) is 5.05. The molecule has 19 heavy (non-hydrogen) atoms. The molecule has 1 aliphatic carbocycles. The first-order valence-corrected chi connectivity index (χ1v) is 7.26. The van der Waals surface area contributed by atoms with Gasteiger partial charge in [-0.15, -0.1) is 0 Å². The molecular weight excluding hydrogens is 250 g/mol. The Kier molecular flexibility index (Phi) is 1.43. The van der Waals surface area contributed by atoms with Gasteiger partial charge < -0.3 is 14.2 Å². The number of fused-ring (bicyclic) bond motifs is 3. The molecule has 6 nitrogen and oxygen atoms in total. The molecule has 0 aromatic rings. The third kappa shape index (κ3) is 0.870. The van der Waals surface area contributed by atoms with Gasteiger partial charge in [0, 0.05) is 13.0 Å². The Morgan fingerprint density at radius 1 is 1.32 bits per heavy atom. The first-order valence-electron chi connectivity index (χ1n) is 7.26. The van der Waals surface area contributed by atoms with E-state index in [4.69, 9.17) is 19.0 Å². The molecule has 0 aromatic heterocycles. The van der Waals surface area contributed by atoms with Gasteiger partial charge in [0.25, 0.3) is 0 Å². The minimum absolute atomic E-state index is 0.0931. The van der Waals surface area contributed by atoms with Crippen LogP contribution in [-0.2, 0) is 23.8 Å². The fourth-order valence-corrected chi connectivity index (χ4v) is 5.05. The molecule has 5 aliphatic heterocycles. The standard InChI is InChI=1S/C13H15NO5/c15-11-10-13(17-10)9-8-6(16-8)5-12(13,18-11)7-3-1-2-4-14(7)19-9/h6-10H,1-5H2/t6?,7-,8?,9+,10?,12-,13?/m1/s1. The summed E-state index contributed by atoms with van der Waals surface area (Å²) < 4.78 is 17.5. The second-order valence-corrected chi connectivity index (χ2v) is 6.62. The Labute approximate surface area is 109 Å². The smallest absolute Gasteiger partial charge is 0.339 e. The second kappa shape index (κ2) is 2.70. The van der Waals surface area contributed by atoms with E-state index in [9.17, 15) is 4.79 Å². The van der Waals surface area contributed by atoms with E-state index in [1.807, 2.05) is 0 Å². The molecule has 4 unspecified atom stereocenters. The Morgan fingerprint density at radius 2 is 2.26 bits per heavy atom. The van der Waals surface area contributed by atoms with Crippen LogP contribution in [0.25, 0.3) is 0 Å². The Morgan fingerprint density at radius 3 is 3.16 bits per heavy atom. The van der Waals surface area contributed by atoms with Gasteiger partial charge in [-0.1, -0.05) is 6.42 Å². The summed E-state index contributed by atoms with van der Waals surface area (Å²) in [5.41, 5.74) is -1.06. The van der Waals surface area contributed by atoms with E-state index in [0.717, 1.165) is 32.2 Å². The lowest BCUT2D eigenvalue weighted by Crippen LogP contribution is -2.74. The molecule has 7 atom stereocenters. The number of hydrogen-bond donors (Lipinski definition) is 0. The predicted molar refractivity (Wildman–Crippen MR) is 58.9 cm³/mol. The van der Waals surface area contributed by atoms with Crippen LogP contribution in [0.1, 0.15) is 25.7 Å². The van der Waals surface area contributed by atoms with Crippen LogP contribution < -0.4 is 0 Å². The van der Waals surface area contributed by atoms with Crippen molar-refractivity contribution in [2.75, 3.05) is 6.54 Å². The summed E-state index contributed by atoms with van der Waals surface area (Å²) in [6.45, 7) is 0.915. The summed E-state index contributed by atoms with van der Waals surface area (Å²) in [4.78, 5) is 18.2. The van der Waals surface area contributed by atoms with Crippen LogP contribution in [0.4, 0.5) is 0 Å². The van der Waals surface area contributed by atoms with Gasteiger partial charge in [-0.3, -0.25) is 4.84 Å². The SMILES string of the molecule is O=C1O[C@]23CC4OC4[C@H](ON4CCCC[C@@H]42)C32OC12. The maximum Gasteiger partial charge on any atom is 0.339 e. The molecule has 0 aromatic carbocycles. The largest absolute Gasteiger partial charge is 0.452 e. The van der Waals surface area contributed by atoms with Crippen molar-refractivity contribution in [2.45, 2.75) is 67.3 Å². The Hall–Kier alpha value is -0.690. The second-order valence-electron chi connectivity index (χ2n) is 6.62. The lowest BCUT2D eigenvalue weighted by molar-refractivity contribution is -0.341. The van der Waals surface area contributed by atoms with Gasteiger partial charge in [0.2, 0.25) is 0 Å². The maximum atomic E-state index is 12.0. The first-order chi connectivity index (χ1) is 9.26. The molecule has 6 rings (SSSR count). The molecule has 102 valence electrons. The maximum absolute atomic E-state index is 12.0. The van der Waals surface area contributed by atoms with Gasteiger partial charge in [0.15, 0.2) is 17.3 Å². The number of ether oxygens (including phenoxy) is 3. The number of carbonyl (C=O) groups is 1. The molecule has 0 radical (unpaired) electrons. The van der Waals surface area contributed by atoms with Gasteiger partial charge in [0.05, 0.1) is 12.1 Å². The van der Waals surface area contributed by atoms with Crippen molar-refractivity contribution < 1.29 is 23.8 Å². The minimum atomic E-state index is -0.541. The quantitative estimate of drug-likeness (QED) is 0.445. The zero-order valence-electron chi connectivity index (χ0n) is 10.4. The monoisotopic (exact) mass is 265 g/mol. The molecule has 1 saturated carbocycles. The van der Waals surface area contributed by atoms with Crippen molar-refractivity contribution in [3.8, 4) is 0 Å². The summed E-state index contributed by atoms with van der Waals surface area (Å²) >= 11 is 0. The fraction of sp³-hybridized carbons (Fsp3) is 0.923. The minimum Gasteiger partial charge on any atom is -0.452 e. The number of carbonyl (C=O) groups excluding carboxylic acids is 1. The van der Waals surface area contributed by atoms with E-state index in [1.165, 1.54) is 0 Å². The van der Waals surface area contributed by atoms with Crippen LogP contribution in [0.3, 0.4) is 0 Å². The molecule has 5 heterocycles. The normalized spacial score (nSPS) is 64.4. The van der Waals surface area contributed by atoms with E-state index in [2.05, 4.69) is 5.06 Å². The average Bonchev–Trinajstić information content (AvgIpc) is 3.28. The summed E-state index contributed by atoms with van der Waals surface area (Å²) in [7, 11) is 0. The molecular formula is C13H15NO5. The van der Waals surface area contributed by atoms with Gasteiger partial charge in [-0.25, -0.2) is 4.79 Å². The Bertz CT molecular complexity index is 511. The zero-order valence-corrected chi connectivity index (χ0v) is 10.4. The molecule has 1 spiro atoms. The highest BCUT2D eigenvalue weighted by molar-refractivity contribution is 5.85. The summed E-state index contributed by atoms with van der Waals surface area (Å²) in [6.07, 6.45) is 3.80.